The molecular weight excluding hydrogens is 256 g/mol. The first-order valence-corrected chi connectivity index (χ1v) is 5.15. The molecule has 0 unspecified atom stereocenters. The van der Waals surface area contributed by atoms with Crippen LogP contribution in [0.2, 0.25) is 5.02 Å². The first-order chi connectivity index (χ1) is 8.12. The monoisotopic (exact) mass is 260 g/mol. The quantitative estimate of drug-likeness (QED) is 0.633. The van der Waals surface area contributed by atoms with Crippen molar-refractivity contribution in [3.8, 4) is 18.2 Å². The molecule has 1 rings (SSSR count). The first-order valence-electron chi connectivity index (χ1n) is 4.32. The van der Waals surface area contributed by atoms with E-state index in [1.54, 1.807) is 36.4 Å². The van der Waals surface area contributed by atoms with Crippen LogP contribution in [0.3, 0.4) is 0 Å². The summed E-state index contributed by atoms with van der Waals surface area (Å²) < 4.78 is 0. The molecule has 0 heterocycles. The van der Waals surface area contributed by atoms with Crippen LogP contribution in [-0.2, 0) is 0 Å². The largest absolute Gasteiger partial charge is 0.344 e. The van der Waals surface area contributed by atoms with E-state index >= 15 is 0 Å². The zero-order valence-electron chi connectivity index (χ0n) is 8.40. The van der Waals surface area contributed by atoms with Crippen molar-refractivity contribution in [1.29, 1.82) is 15.8 Å². The molecule has 1 aromatic rings. The average molecular weight is 261 g/mol. The van der Waals surface area contributed by atoms with Crippen molar-refractivity contribution < 1.29 is 0 Å². The number of nitriles is 3. The highest BCUT2D eigenvalue weighted by molar-refractivity contribution is 7.80. The summed E-state index contributed by atoms with van der Waals surface area (Å²) in [6.45, 7) is 0. The van der Waals surface area contributed by atoms with Crippen LogP contribution >= 0.6 is 24.2 Å². The zero-order valence-corrected chi connectivity index (χ0v) is 10.0. The van der Waals surface area contributed by atoms with E-state index in [9.17, 15) is 0 Å². The Morgan fingerprint density at radius 3 is 2.29 bits per heavy atom. The van der Waals surface area contributed by atoms with Gasteiger partial charge in [0, 0.05) is 9.92 Å². The normalized spacial score (nSPS) is 8.41. The number of rotatable bonds is 2. The van der Waals surface area contributed by atoms with Crippen LogP contribution in [0, 0.1) is 34.0 Å². The maximum absolute atomic E-state index is 8.84. The van der Waals surface area contributed by atoms with Crippen molar-refractivity contribution in [2.75, 3.05) is 5.32 Å². The minimum absolute atomic E-state index is 0.118. The van der Waals surface area contributed by atoms with Crippen molar-refractivity contribution in [3.63, 3.8) is 0 Å². The molecule has 6 heteroatoms. The Morgan fingerprint density at radius 1 is 1.18 bits per heavy atom. The summed E-state index contributed by atoms with van der Waals surface area (Å²) in [5, 5.41) is 29.3. The van der Waals surface area contributed by atoms with Crippen LogP contribution in [-0.4, -0.2) is 0 Å². The standard InChI is InChI=1S/C11H5ClN4S/c12-8-1-2-9(11(17)3-8)16-10(6-15)7(4-13)5-14/h1-3,16-17H. The molecule has 0 bridgehead atoms. The van der Waals surface area contributed by atoms with Gasteiger partial charge in [-0.3, -0.25) is 0 Å². The summed E-state index contributed by atoms with van der Waals surface area (Å²) in [4.78, 5) is 0.514. The number of hydrogen-bond acceptors (Lipinski definition) is 5. The lowest BCUT2D eigenvalue weighted by molar-refractivity contribution is 1.34. The van der Waals surface area contributed by atoms with Crippen molar-refractivity contribution >= 4 is 29.9 Å². The van der Waals surface area contributed by atoms with Gasteiger partial charge in [0.2, 0.25) is 0 Å². The molecule has 1 aromatic carbocycles. The number of nitrogens with zero attached hydrogens (tertiary/aromatic N) is 3. The second-order valence-corrected chi connectivity index (χ2v) is 3.79. The third-order valence-electron chi connectivity index (χ3n) is 1.80. The second kappa shape index (κ2) is 5.82. The Hall–Kier alpha value is -2.13. The van der Waals surface area contributed by atoms with E-state index in [1.165, 1.54) is 0 Å². The molecule has 0 atom stereocenters. The Balaban J connectivity index is 3.16. The van der Waals surface area contributed by atoms with Gasteiger partial charge < -0.3 is 5.32 Å². The highest BCUT2D eigenvalue weighted by atomic mass is 35.5. The predicted octanol–water partition coefficient (Wildman–Crippen LogP) is 2.87. The SMILES string of the molecule is N#CC(C#N)=C(C#N)Nc1ccc(Cl)cc1S. The van der Waals surface area contributed by atoms with Gasteiger partial charge in [0.15, 0.2) is 5.57 Å². The Morgan fingerprint density at radius 2 is 1.82 bits per heavy atom. The van der Waals surface area contributed by atoms with Crippen molar-refractivity contribution in [1.82, 2.24) is 0 Å². The van der Waals surface area contributed by atoms with Crippen molar-refractivity contribution in [2.24, 2.45) is 0 Å². The second-order valence-electron chi connectivity index (χ2n) is 2.87. The summed E-state index contributed by atoms with van der Waals surface area (Å²) >= 11 is 9.91. The lowest BCUT2D eigenvalue weighted by Gasteiger charge is -2.07. The minimum Gasteiger partial charge on any atom is -0.344 e. The van der Waals surface area contributed by atoms with Gasteiger partial charge >= 0.3 is 0 Å². The molecule has 0 amide bonds. The molecular formula is C11H5ClN4S. The predicted molar refractivity (Wildman–Crippen MR) is 66.2 cm³/mol. The van der Waals surface area contributed by atoms with E-state index < -0.39 is 0 Å². The summed E-state index contributed by atoms with van der Waals surface area (Å²) in [6.07, 6.45) is 0. The van der Waals surface area contributed by atoms with E-state index in [0.29, 0.717) is 15.6 Å². The summed E-state index contributed by atoms with van der Waals surface area (Å²) in [6, 6.07) is 9.82. The maximum Gasteiger partial charge on any atom is 0.163 e. The van der Waals surface area contributed by atoms with E-state index in [1.807, 2.05) is 0 Å². The Bertz CT molecular complexity index is 585. The average Bonchev–Trinajstić information content (AvgIpc) is 2.32. The van der Waals surface area contributed by atoms with E-state index in [2.05, 4.69) is 17.9 Å². The summed E-state index contributed by atoms with van der Waals surface area (Å²) in [5.41, 5.74) is 0.0973. The molecule has 0 spiro atoms. The minimum atomic E-state index is -0.282. The first kappa shape index (κ1) is 12.9. The fraction of sp³-hybridized carbons (Fsp3) is 0. The molecule has 82 valence electrons. The molecule has 1 N–H and O–H groups in total. The third-order valence-corrected chi connectivity index (χ3v) is 2.41. The molecule has 0 aliphatic heterocycles. The lowest BCUT2D eigenvalue weighted by atomic mass is 10.2. The highest BCUT2D eigenvalue weighted by Gasteiger charge is 2.08. The summed E-state index contributed by atoms with van der Waals surface area (Å²) in [5.74, 6) is 0. The molecule has 0 radical (unpaired) electrons. The van der Waals surface area contributed by atoms with Gasteiger partial charge in [0.25, 0.3) is 0 Å². The molecule has 0 fully saturated rings. The number of allylic oxidation sites excluding steroid dienone is 2. The molecule has 0 aliphatic carbocycles. The van der Waals surface area contributed by atoms with Crippen LogP contribution in [0.15, 0.2) is 34.4 Å². The fourth-order valence-electron chi connectivity index (χ4n) is 1.03. The van der Waals surface area contributed by atoms with E-state index in [-0.39, 0.29) is 11.3 Å². The van der Waals surface area contributed by atoms with Gasteiger partial charge in [0.05, 0.1) is 5.69 Å². The highest BCUT2D eigenvalue weighted by Crippen LogP contribution is 2.25. The van der Waals surface area contributed by atoms with Crippen LogP contribution < -0.4 is 5.32 Å². The number of thiol groups is 1. The van der Waals surface area contributed by atoms with Gasteiger partial charge in [-0.25, -0.2) is 0 Å². The smallest absolute Gasteiger partial charge is 0.163 e. The number of anilines is 1. The van der Waals surface area contributed by atoms with Crippen LogP contribution in [0.5, 0.6) is 0 Å². The van der Waals surface area contributed by atoms with Crippen molar-refractivity contribution in [3.05, 3.63) is 34.5 Å². The molecule has 0 aliphatic rings. The Labute approximate surface area is 109 Å². The van der Waals surface area contributed by atoms with E-state index in [4.69, 9.17) is 27.4 Å². The molecule has 0 aromatic heterocycles. The lowest BCUT2D eigenvalue weighted by Crippen LogP contribution is -2.01. The molecule has 0 saturated heterocycles. The van der Waals surface area contributed by atoms with Crippen LogP contribution in [0.1, 0.15) is 0 Å². The number of nitrogens with one attached hydrogen (secondary N) is 1. The molecule has 17 heavy (non-hydrogen) atoms. The fourth-order valence-corrected chi connectivity index (χ4v) is 1.55. The van der Waals surface area contributed by atoms with Gasteiger partial charge in [-0.05, 0) is 18.2 Å². The number of benzene rings is 1. The Kier molecular flexibility index (Phi) is 4.43. The number of hydrogen-bond donors (Lipinski definition) is 2. The van der Waals surface area contributed by atoms with Gasteiger partial charge in [-0.2, -0.15) is 15.8 Å². The maximum atomic E-state index is 8.84. The molecule has 4 nitrogen and oxygen atoms in total. The van der Waals surface area contributed by atoms with Crippen molar-refractivity contribution in [2.45, 2.75) is 4.90 Å². The van der Waals surface area contributed by atoms with Gasteiger partial charge in [-0.15, -0.1) is 12.6 Å². The van der Waals surface area contributed by atoms with Crippen LogP contribution in [0.25, 0.3) is 0 Å². The third kappa shape index (κ3) is 3.16. The zero-order chi connectivity index (χ0) is 12.8. The number of halogens is 1. The van der Waals surface area contributed by atoms with Gasteiger partial charge in [0.1, 0.15) is 23.9 Å². The molecule has 0 saturated carbocycles. The van der Waals surface area contributed by atoms with Crippen LogP contribution in [0.4, 0.5) is 5.69 Å². The topological polar surface area (TPSA) is 83.4 Å². The van der Waals surface area contributed by atoms with E-state index in [0.717, 1.165) is 0 Å². The van der Waals surface area contributed by atoms with Gasteiger partial charge in [-0.1, -0.05) is 11.6 Å². The summed E-state index contributed by atoms with van der Waals surface area (Å²) in [7, 11) is 0.